The van der Waals surface area contributed by atoms with Crippen LogP contribution in [0.4, 0.5) is 0 Å². The normalized spacial score (nSPS) is 16.3. The van der Waals surface area contributed by atoms with Crippen LogP contribution in [0, 0.1) is 0 Å². The molecule has 0 saturated heterocycles. The SMILES string of the molecule is CC(C)Oc1ccc(-c2cc(C3=NOC(C=O)N3)ncn2)cc1Cl. The molecule has 1 atom stereocenters. The Labute approximate surface area is 143 Å². The van der Waals surface area contributed by atoms with Crippen molar-refractivity contribution in [3.05, 3.63) is 41.3 Å². The first-order valence-corrected chi connectivity index (χ1v) is 7.69. The lowest BCUT2D eigenvalue weighted by molar-refractivity contribution is -0.117. The van der Waals surface area contributed by atoms with Gasteiger partial charge in [-0.2, -0.15) is 0 Å². The number of benzene rings is 1. The first-order chi connectivity index (χ1) is 11.6. The van der Waals surface area contributed by atoms with Crippen molar-refractivity contribution < 1.29 is 14.4 Å². The quantitative estimate of drug-likeness (QED) is 0.837. The maximum Gasteiger partial charge on any atom is 0.254 e. The Bertz CT molecular complexity index is 795. The van der Waals surface area contributed by atoms with E-state index in [1.807, 2.05) is 19.9 Å². The van der Waals surface area contributed by atoms with Crippen LogP contribution in [0.5, 0.6) is 5.75 Å². The summed E-state index contributed by atoms with van der Waals surface area (Å²) in [5, 5.41) is 7.10. The molecule has 1 aliphatic rings. The Hall–Kier alpha value is -2.67. The summed E-state index contributed by atoms with van der Waals surface area (Å²) in [5.74, 6) is 0.996. The summed E-state index contributed by atoms with van der Waals surface area (Å²) in [5.41, 5.74) is 1.99. The standard InChI is InChI=1S/C16H15ClN4O3/c1-9(2)23-14-4-3-10(5-11(14)17)12-6-13(19-8-18-12)16-20-15(7-22)24-21-16/h3-9,15H,1-2H3,(H,20,21). The minimum absolute atomic E-state index is 0.0382. The molecule has 124 valence electrons. The van der Waals surface area contributed by atoms with Crippen LogP contribution < -0.4 is 10.1 Å². The summed E-state index contributed by atoms with van der Waals surface area (Å²) in [4.78, 5) is 24.0. The molecule has 1 unspecified atom stereocenters. The largest absolute Gasteiger partial charge is 0.489 e. The highest BCUT2D eigenvalue weighted by atomic mass is 35.5. The van der Waals surface area contributed by atoms with Crippen molar-refractivity contribution in [1.82, 2.24) is 15.3 Å². The fourth-order valence-electron chi connectivity index (χ4n) is 2.13. The molecule has 0 spiro atoms. The average Bonchev–Trinajstić information content (AvgIpc) is 3.06. The van der Waals surface area contributed by atoms with Crippen molar-refractivity contribution in [3.8, 4) is 17.0 Å². The van der Waals surface area contributed by atoms with Gasteiger partial charge in [0.2, 0.25) is 0 Å². The molecule has 1 aliphatic heterocycles. The van der Waals surface area contributed by atoms with Crippen LogP contribution >= 0.6 is 11.6 Å². The number of rotatable bonds is 5. The zero-order valence-corrected chi connectivity index (χ0v) is 13.8. The summed E-state index contributed by atoms with van der Waals surface area (Å²) in [7, 11) is 0. The first-order valence-electron chi connectivity index (χ1n) is 7.31. The van der Waals surface area contributed by atoms with Crippen LogP contribution in [-0.4, -0.2) is 34.4 Å². The van der Waals surface area contributed by atoms with E-state index in [1.165, 1.54) is 6.33 Å². The zero-order valence-electron chi connectivity index (χ0n) is 13.1. The predicted octanol–water partition coefficient (Wildman–Crippen LogP) is 2.39. The van der Waals surface area contributed by atoms with Crippen LogP contribution in [0.3, 0.4) is 0 Å². The second-order valence-corrected chi connectivity index (χ2v) is 5.75. The number of oxime groups is 1. The van der Waals surface area contributed by atoms with E-state index in [9.17, 15) is 4.79 Å². The fourth-order valence-corrected chi connectivity index (χ4v) is 2.36. The highest BCUT2D eigenvalue weighted by Crippen LogP contribution is 2.30. The van der Waals surface area contributed by atoms with E-state index in [-0.39, 0.29) is 6.10 Å². The van der Waals surface area contributed by atoms with Crippen LogP contribution in [0.25, 0.3) is 11.3 Å². The Kier molecular flexibility index (Phi) is 4.61. The smallest absolute Gasteiger partial charge is 0.254 e. The van der Waals surface area contributed by atoms with Crippen molar-refractivity contribution in [2.24, 2.45) is 5.16 Å². The third-order valence-corrected chi connectivity index (χ3v) is 3.46. The van der Waals surface area contributed by atoms with Gasteiger partial charge in [-0.15, -0.1) is 0 Å². The van der Waals surface area contributed by atoms with Crippen molar-refractivity contribution in [2.45, 2.75) is 26.2 Å². The Morgan fingerprint density at radius 2 is 2.08 bits per heavy atom. The molecule has 0 bridgehead atoms. The number of hydrogen-bond acceptors (Lipinski definition) is 7. The highest BCUT2D eigenvalue weighted by molar-refractivity contribution is 6.32. The maximum absolute atomic E-state index is 10.7. The van der Waals surface area contributed by atoms with E-state index >= 15 is 0 Å². The van der Waals surface area contributed by atoms with Crippen molar-refractivity contribution in [1.29, 1.82) is 0 Å². The van der Waals surface area contributed by atoms with Gasteiger partial charge in [0.15, 0.2) is 12.1 Å². The number of halogens is 1. The fraction of sp³-hybridized carbons (Fsp3) is 0.250. The maximum atomic E-state index is 10.7. The molecule has 1 N–H and O–H groups in total. The van der Waals surface area contributed by atoms with Crippen LogP contribution in [0.15, 0.2) is 35.7 Å². The predicted molar refractivity (Wildman–Crippen MR) is 88.9 cm³/mol. The molecule has 0 fully saturated rings. The highest BCUT2D eigenvalue weighted by Gasteiger charge is 2.21. The van der Waals surface area contributed by atoms with Gasteiger partial charge in [0.1, 0.15) is 17.8 Å². The Balaban J connectivity index is 1.87. The molecule has 0 aliphatic carbocycles. The number of carbonyl (C=O) groups is 1. The van der Waals surface area contributed by atoms with Gasteiger partial charge in [-0.1, -0.05) is 16.8 Å². The summed E-state index contributed by atoms with van der Waals surface area (Å²) < 4.78 is 5.62. The van der Waals surface area contributed by atoms with Crippen molar-refractivity contribution in [2.75, 3.05) is 0 Å². The molecule has 1 aromatic heterocycles. The van der Waals surface area contributed by atoms with Gasteiger partial charge < -0.3 is 14.9 Å². The third kappa shape index (κ3) is 3.46. The van der Waals surface area contributed by atoms with Crippen LogP contribution in [0.1, 0.15) is 19.5 Å². The van der Waals surface area contributed by atoms with E-state index in [4.69, 9.17) is 21.2 Å². The van der Waals surface area contributed by atoms with E-state index in [2.05, 4.69) is 20.4 Å². The summed E-state index contributed by atoms with van der Waals surface area (Å²) in [6.07, 6.45) is 1.28. The molecule has 7 nitrogen and oxygen atoms in total. The molecule has 0 saturated carbocycles. The topological polar surface area (TPSA) is 85.7 Å². The molecule has 24 heavy (non-hydrogen) atoms. The number of carbonyl (C=O) groups excluding carboxylic acids is 1. The van der Waals surface area contributed by atoms with Gasteiger partial charge in [-0.05, 0) is 38.1 Å². The minimum Gasteiger partial charge on any atom is -0.489 e. The number of nitrogens with zero attached hydrogens (tertiary/aromatic N) is 3. The monoisotopic (exact) mass is 346 g/mol. The second kappa shape index (κ2) is 6.84. The second-order valence-electron chi connectivity index (χ2n) is 5.35. The van der Waals surface area contributed by atoms with Gasteiger partial charge in [0, 0.05) is 5.56 Å². The molecule has 3 rings (SSSR count). The molecule has 8 heteroatoms. The first kappa shape index (κ1) is 16.2. The van der Waals surface area contributed by atoms with E-state index < -0.39 is 6.23 Å². The van der Waals surface area contributed by atoms with Crippen LogP contribution in [-0.2, 0) is 9.63 Å². The Morgan fingerprint density at radius 3 is 2.75 bits per heavy atom. The molecule has 2 heterocycles. The van der Waals surface area contributed by atoms with Crippen LogP contribution in [0.2, 0.25) is 5.02 Å². The summed E-state index contributed by atoms with van der Waals surface area (Å²) >= 11 is 6.26. The molecule has 1 aromatic carbocycles. The molecule has 0 amide bonds. The Morgan fingerprint density at radius 1 is 1.29 bits per heavy atom. The number of aromatic nitrogens is 2. The molecule has 0 radical (unpaired) electrons. The van der Waals surface area contributed by atoms with Gasteiger partial charge in [0.05, 0.1) is 16.8 Å². The lowest BCUT2D eigenvalue weighted by Gasteiger charge is -2.12. The number of nitrogens with one attached hydrogen (secondary N) is 1. The zero-order chi connectivity index (χ0) is 17.1. The summed E-state index contributed by atoms with van der Waals surface area (Å²) in [6, 6.07) is 7.18. The lowest BCUT2D eigenvalue weighted by atomic mass is 10.1. The van der Waals surface area contributed by atoms with Gasteiger partial charge in [-0.3, -0.25) is 4.79 Å². The lowest BCUT2D eigenvalue weighted by Crippen LogP contribution is -2.31. The van der Waals surface area contributed by atoms with Gasteiger partial charge >= 0.3 is 0 Å². The van der Waals surface area contributed by atoms with E-state index in [0.717, 1.165) is 5.56 Å². The van der Waals surface area contributed by atoms with E-state index in [1.54, 1.807) is 18.2 Å². The number of ether oxygens (including phenoxy) is 1. The van der Waals surface area contributed by atoms with Gasteiger partial charge in [-0.25, -0.2) is 9.97 Å². The van der Waals surface area contributed by atoms with Crippen molar-refractivity contribution in [3.63, 3.8) is 0 Å². The van der Waals surface area contributed by atoms with Crippen molar-refractivity contribution >= 4 is 23.7 Å². The average molecular weight is 347 g/mol. The number of hydrogen-bond donors (Lipinski definition) is 1. The molecule has 2 aromatic rings. The molecular weight excluding hydrogens is 332 g/mol. The van der Waals surface area contributed by atoms with Gasteiger partial charge in [0.25, 0.3) is 6.23 Å². The van der Waals surface area contributed by atoms with E-state index in [0.29, 0.717) is 34.3 Å². The summed E-state index contributed by atoms with van der Waals surface area (Å²) in [6.45, 7) is 3.87. The minimum atomic E-state index is -0.791. The number of aldehydes is 1. The molecular formula is C16H15ClN4O3. The third-order valence-electron chi connectivity index (χ3n) is 3.16. The number of amidine groups is 1.